The number of nitrogens with zero attached hydrogens (tertiary/aromatic N) is 2. The Bertz CT molecular complexity index is 426. The number of aromatic nitrogens is 2. The van der Waals surface area contributed by atoms with Gasteiger partial charge in [0, 0.05) is 18.5 Å². The number of hydrogen-bond acceptors (Lipinski definition) is 3. The summed E-state index contributed by atoms with van der Waals surface area (Å²) in [4.78, 5) is 8.51. The first-order valence-corrected chi connectivity index (χ1v) is 4.37. The Morgan fingerprint density at radius 3 is 3.15 bits per heavy atom. The summed E-state index contributed by atoms with van der Waals surface area (Å²) >= 11 is 0. The molecule has 2 aromatic rings. The lowest BCUT2D eigenvalue weighted by Crippen LogP contribution is -2.19. The third-order valence-electron chi connectivity index (χ3n) is 2.44. The third-order valence-corrected chi connectivity index (χ3v) is 2.44. The normalized spacial score (nSPS) is 14.8. The van der Waals surface area contributed by atoms with Crippen molar-refractivity contribution in [2.75, 3.05) is 0 Å². The second kappa shape index (κ2) is 2.50. The Labute approximate surface area is 75.8 Å². The van der Waals surface area contributed by atoms with Crippen molar-refractivity contribution in [3.05, 3.63) is 35.8 Å². The van der Waals surface area contributed by atoms with Crippen LogP contribution in [0.25, 0.3) is 10.9 Å². The first-order chi connectivity index (χ1) is 6.45. The molecule has 2 heterocycles. The predicted octanol–water partition coefficient (Wildman–Crippen LogP) is 1.23. The van der Waals surface area contributed by atoms with Gasteiger partial charge in [-0.05, 0) is 11.6 Å². The molecule has 1 N–H and O–H groups in total. The van der Waals surface area contributed by atoms with Gasteiger partial charge in [-0.1, -0.05) is 12.1 Å². The van der Waals surface area contributed by atoms with Gasteiger partial charge < -0.3 is 5.32 Å². The van der Waals surface area contributed by atoms with Gasteiger partial charge in [-0.25, -0.2) is 9.97 Å². The van der Waals surface area contributed by atoms with Crippen LogP contribution >= 0.6 is 0 Å². The van der Waals surface area contributed by atoms with Crippen molar-refractivity contribution in [3.63, 3.8) is 0 Å². The van der Waals surface area contributed by atoms with E-state index in [1.54, 1.807) is 6.33 Å². The van der Waals surface area contributed by atoms with Gasteiger partial charge in [-0.3, -0.25) is 0 Å². The molecule has 1 aliphatic rings. The van der Waals surface area contributed by atoms with E-state index in [9.17, 15) is 0 Å². The lowest BCUT2D eigenvalue weighted by atomic mass is 10.0. The summed E-state index contributed by atoms with van der Waals surface area (Å²) in [5.41, 5.74) is 3.48. The highest BCUT2D eigenvalue weighted by atomic mass is 14.9. The molecule has 0 saturated carbocycles. The van der Waals surface area contributed by atoms with Crippen molar-refractivity contribution < 1.29 is 0 Å². The summed E-state index contributed by atoms with van der Waals surface area (Å²) in [7, 11) is 0. The zero-order valence-corrected chi connectivity index (χ0v) is 7.12. The lowest BCUT2D eigenvalue weighted by Gasteiger charge is -2.15. The molecule has 0 spiro atoms. The van der Waals surface area contributed by atoms with Crippen LogP contribution < -0.4 is 5.32 Å². The topological polar surface area (TPSA) is 37.8 Å². The second-order valence-electron chi connectivity index (χ2n) is 3.24. The molecular weight excluding hydrogens is 162 g/mol. The van der Waals surface area contributed by atoms with Crippen molar-refractivity contribution >= 4 is 10.9 Å². The van der Waals surface area contributed by atoms with E-state index >= 15 is 0 Å². The van der Waals surface area contributed by atoms with E-state index in [2.05, 4.69) is 21.4 Å². The van der Waals surface area contributed by atoms with Crippen LogP contribution in [0.3, 0.4) is 0 Å². The molecule has 3 nitrogen and oxygen atoms in total. The van der Waals surface area contributed by atoms with E-state index in [4.69, 9.17) is 0 Å². The maximum atomic E-state index is 4.26. The summed E-state index contributed by atoms with van der Waals surface area (Å²) < 4.78 is 0. The molecule has 0 amide bonds. The van der Waals surface area contributed by atoms with E-state index in [0.717, 1.165) is 24.3 Å². The van der Waals surface area contributed by atoms with Gasteiger partial charge in [0.1, 0.15) is 6.33 Å². The van der Waals surface area contributed by atoms with Gasteiger partial charge >= 0.3 is 0 Å². The van der Waals surface area contributed by atoms with Gasteiger partial charge in [-0.15, -0.1) is 0 Å². The van der Waals surface area contributed by atoms with Crippen LogP contribution in [-0.2, 0) is 13.1 Å². The Morgan fingerprint density at radius 1 is 1.15 bits per heavy atom. The van der Waals surface area contributed by atoms with Crippen molar-refractivity contribution in [3.8, 4) is 0 Å². The molecule has 0 bridgehead atoms. The molecule has 0 aliphatic carbocycles. The molecule has 0 radical (unpaired) electrons. The summed E-state index contributed by atoms with van der Waals surface area (Å²) in [5, 5.41) is 4.55. The molecule has 0 unspecified atom stereocenters. The molecular formula is C10H9N3. The minimum atomic E-state index is 0.857. The van der Waals surface area contributed by atoms with E-state index < -0.39 is 0 Å². The van der Waals surface area contributed by atoms with Crippen LogP contribution in [0.5, 0.6) is 0 Å². The van der Waals surface area contributed by atoms with Gasteiger partial charge in [0.25, 0.3) is 0 Å². The smallest absolute Gasteiger partial charge is 0.116 e. The van der Waals surface area contributed by atoms with Gasteiger partial charge in [0.05, 0.1) is 11.2 Å². The predicted molar refractivity (Wildman–Crippen MR) is 50.1 cm³/mol. The summed E-state index contributed by atoms with van der Waals surface area (Å²) in [6.45, 7) is 1.79. The highest BCUT2D eigenvalue weighted by Crippen LogP contribution is 2.22. The molecule has 0 saturated heterocycles. The molecule has 0 fully saturated rings. The van der Waals surface area contributed by atoms with Crippen molar-refractivity contribution in [2.45, 2.75) is 13.1 Å². The summed E-state index contributed by atoms with van der Waals surface area (Å²) in [6, 6.07) is 6.21. The first kappa shape index (κ1) is 6.97. The molecule has 64 valence electrons. The third kappa shape index (κ3) is 0.939. The maximum Gasteiger partial charge on any atom is 0.116 e. The van der Waals surface area contributed by atoms with Crippen LogP contribution in [0.4, 0.5) is 0 Å². The van der Waals surface area contributed by atoms with Gasteiger partial charge in [0.2, 0.25) is 0 Å². The number of benzene rings is 1. The van der Waals surface area contributed by atoms with E-state index in [1.807, 2.05) is 12.1 Å². The monoisotopic (exact) mass is 171 g/mol. The maximum absolute atomic E-state index is 4.26. The van der Waals surface area contributed by atoms with Crippen LogP contribution in [0, 0.1) is 0 Å². The average molecular weight is 171 g/mol. The molecule has 1 aromatic carbocycles. The molecule has 3 rings (SSSR count). The SMILES string of the molecule is c1cc2c3c(ncnc3c1)CNC2. The minimum Gasteiger partial charge on any atom is -0.307 e. The largest absolute Gasteiger partial charge is 0.307 e. The van der Waals surface area contributed by atoms with Crippen LogP contribution in [0.1, 0.15) is 11.3 Å². The number of rotatable bonds is 0. The molecule has 1 aromatic heterocycles. The van der Waals surface area contributed by atoms with Crippen molar-refractivity contribution in [1.82, 2.24) is 15.3 Å². The molecule has 3 heteroatoms. The van der Waals surface area contributed by atoms with E-state index in [-0.39, 0.29) is 0 Å². The quantitative estimate of drug-likeness (QED) is 0.648. The summed E-state index contributed by atoms with van der Waals surface area (Å²) in [6.07, 6.45) is 1.63. The van der Waals surface area contributed by atoms with Crippen LogP contribution in [-0.4, -0.2) is 9.97 Å². The fraction of sp³-hybridized carbons (Fsp3) is 0.200. The molecule has 0 atom stereocenters. The fourth-order valence-electron chi connectivity index (χ4n) is 1.85. The lowest BCUT2D eigenvalue weighted by molar-refractivity contribution is 0.667. The Kier molecular flexibility index (Phi) is 1.34. The van der Waals surface area contributed by atoms with E-state index in [1.165, 1.54) is 10.9 Å². The summed E-state index contributed by atoms with van der Waals surface area (Å²) in [5.74, 6) is 0. The number of hydrogen-bond donors (Lipinski definition) is 1. The molecule has 1 aliphatic heterocycles. The fourth-order valence-corrected chi connectivity index (χ4v) is 1.85. The Hall–Kier alpha value is -1.48. The first-order valence-electron chi connectivity index (χ1n) is 4.37. The van der Waals surface area contributed by atoms with Crippen molar-refractivity contribution in [1.29, 1.82) is 0 Å². The zero-order chi connectivity index (χ0) is 8.67. The van der Waals surface area contributed by atoms with Gasteiger partial charge in [0.15, 0.2) is 0 Å². The van der Waals surface area contributed by atoms with Gasteiger partial charge in [-0.2, -0.15) is 0 Å². The Morgan fingerprint density at radius 2 is 2.15 bits per heavy atom. The highest BCUT2D eigenvalue weighted by Gasteiger charge is 2.12. The molecule has 13 heavy (non-hydrogen) atoms. The van der Waals surface area contributed by atoms with Crippen molar-refractivity contribution in [2.24, 2.45) is 0 Å². The highest BCUT2D eigenvalue weighted by molar-refractivity contribution is 5.84. The van der Waals surface area contributed by atoms with Crippen LogP contribution in [0.15, 0.2) is 24.5 Å². The van der Waals surface area contributed by atoms with E-state index in [0.29, 0.717) is 0 Å². The van der Waals surface area contributed by atoms with Crippen LogP contribution in [0.2, 0.25) is 0 Å². The average Bonchev–Trinajstić information content (AvgIpc) is 2.19. The zero-order valence-electron chi connectivity index (χ0n) is 7.12. The minimum absolute atomic E-state index is 0.857. The standard InChI is InChI=1S/C10H9N3/c1-2-7-4-11-5-9-10(7)8(3-1)12-6-13-9/h1-3,6,11H,4-5H2. The number of nitrogens with one attached hydrogen (secondary N) is 1. The Balaban J connectivity index is 2.49. The second-order valence-corrected chi connectivity index (χ2v) is 3.24.